The van der Waals surface area contributed by atoms with Crippen molar-refractivity contribution in [1.29, 1.82) is 0 Å². The van der Waals surface area contributed by atoms with Crippen LogP contribution in [0, 0.1) is 0 Å². The number of carbonyl (C=O) groups is 2. The molecule has 4 rings (SSSR count). The minimum Gasteiger partial charge on any atom is -0.337 e. The molecule has 0 spiro atoms. The number of piperidine rings is 1. The molecular weight excluding hydrogens is 354 g/mol. The normalized spacial score (nSPS) is 17.4. The van der Waals surface area contributed by atoms with Gasteiger partial charge in [-0.2, -0.15) is 0 Å². The summed E-state index contributed by atoms with van der Waals surface area (Å²) in [5.41, 5.74) is 2.95. The van der Waals surface area contributed by atoms with Crippen LogP contribution in [-0.4, -0.2) is 64.4 Å². The zero-order valence-electron chi connectivity index (χ0n) is 15.9. The SMILES string of the molecule is O=C(NCCN1CCc2ccccc2C1=O)N1CCC(c2ccncn2)CC1. The third-order valence-electron chi connectivity index (χ3n) is 5.65. The lowest BCUT2D eigenvalue weighted by molar-refractivity contribution is 0.0740. The molecular formula is C21H25N5O2. The van der Waals surface area contributed by atoms with Gasteiger partial charge in [0.15, 0.2) is 0 Å². The molecule has 0 aliphatic carbocycles. The maximum Gasteiger partial charge on any atom is 0.317 e. The zero-order chi connectivity index (χ0) is 19.3. The lowest BCUT2D eigenvalue weighted by Crippen LogP contribution is -2.47. The lowest BCUT2D eigenvalue weighted by atomic mass is 9.93. The number of nitrogens with zero attached hydrogens (tertiary/aromatic N) is 4. The Kier molecular flexibility index (Phi) is 5.50. The van der Waals surface area contributed by atoms with Crippen LogP contribution < -0.4 is 5.32 Å². The van der Waals surface area contributed by atoms with Crippen LogP contribution in [-0.2, 0) is 6.42 Å². The molecule has 7 heteroatoms. The molecule has 1 fully saturated rings. The fourth-order valence-electron chi connectivity index (χ4n) is 4.02. The Hall–Kier alpha value is -2.96. The van der Waals surface area contributed by atoms with Gasteiger partial charge in [0.05, 0.1) is 0 Å². The Morgan fingerprint density at radius 2 is 1.96 bits per heavy atom. The van der Waals surface area contributed by atoms with Crippen molar-refractivity contribution in [3.63, 3.8) is 0 Å². The molecule has 3 heterocycles. The first-order chi connectivity index (χ1) is 13.7. The third-order valence-corrected chi connectivity index (χ3v) is 5.65. The summed E-state index contributed by atoms with van der Waals surface area (Å²) in [6.45, 7) is 3.15. The molecule has 1 aromatic heterocycles. The first-order valence-corrected chi connectivity index (χ1v) is 9.88. The second-order valence-electron chi connectivity index (χ2n) is 7.33. The molecule has 2 aliphatic rings. The van der Waals surface area contributed by atoms with Gasteiger partial charge in [0.25, 0.3) is 5.91 Å². The van der Waals surface area contributed by atoms with Gasteiger partial charge in [0, 0.05) is 56.1 Å². The Morgan fingerprint density at radius 3 is 2.75 bits per heavy atom. The van der Waals surface area contributed by atoms with Gasteiger partial charge in [-0.3, -0.25) is 4.79 Å². The van der Waals surface area contributed by atoms with Crippen LogP contribution in [0.5, 0.6) is 0 Å². The van der Waals surface area contributed by atoms with E-state index in [0.717, 1.165) is 49.2 Å². The van der Waals surface area contributed by atoms with E-state index in [-0.39, 0.29) is 11.9 Å². The maximum atomic E-state index is 12.6. The van der Waals surface area contributed by atoms with E-state index in [4.69, 9.17) is 0 Å². The molecule has 146 valence electrons. The van der Waals surface area contributed by atoms with Crippen molar-refractivity contribution >= 4 is 11.9 Å². The van der Waals surface area contributed by atoms with Crippen LogP contribution in [0.1, 0.15) is 40.4 Å². The number of amides is 3. The summed E-state index contributed by atoms with van der Waals surface area (Å²) in [4.78, 5) is 37.0. The number of rotatable bonds is 4. The number of urea groups is 1. The fraction of sp³-hybridized carbons (Fsp3) is 0.429. The first-order valence-electron chi connectivity index (χ1n) is 9.88. The Bertz CT molecular complexity index is 834. The summed E-state index contributed by atoms with van der Waals surface area (Å²) >= 11 is 0. The molecule has 0 bridgehead atoms. The molecule has 3 amide bonds. The summed E-state index contributed by atoms with van der Waals surface area (Å²) in [6.07, 6.45) is 6.03. The standard InChI is InChI=1S/C21H25N5O2/c27-20-18-4-2-1-3-16(18)6-11-25(20)14-10-23-21(28)26-12-7-17(8-13-26)19-5-9-22-15-24-19/h1-5,9,15,17H,6-8,10-14H2,(H,23,28). The highest BCUT2D eigenvalue weighted by Gasteiger charge is 2.26. The quantitative estimate of drug-likeness (QED) is 0.882. The van der Waals surface area contributed by atoms with Gasteiger partial charge < -0.3 is 15.1 Å². The molecule has 2 aliphatic heterocycles. The molecule has 7 nitrogen and oxygen atoms in total. The van der Waals surface area contributed by atoms with Crippen molar-refractivity contribution in [1.82, 2.24) is 25.1 Å². The maximum absolute atomic E-state index is 12.6. The third kappa shape index (κ3) is 3.98. The van der Waals surface area contributed by atoms with Crippen molar-refractivity contribution < 1.29 is 9.59 Å². The average molecular weight is 379 g/mol. The monoisotopic (exact) mass is 379 g/mol. The molecule has 1 saturated heterocycles. The van der Waals surface area contributed by atoms with Gasteiger partial charge in [-0.15, -0.1) is 0 Å². The van der Waals surface area contributed by atoms with Crippen molar-refractivity contribution in [3.05, 3.63) is 59.7 Å². The zero-order valence-corrected chi connectivity index (χ0v) is 15.9. The minimum absolute atomic E-state index is 0.0500. The number of hydrogen-bond donors (Lipinski definition) is 1. The van der Waals surface area contributed by atoms with Crippen LogP contribution in [0.15, 0.2) is 42.9 Å². The van der Waals surface area contributed by atoms with E-state index < -0.39 is 0 Å². The molecule has 1 aromatic carbocycles. The topological polar surface area (TPSA) is 78.4 Å². The second kappa shape index (κ2) is 8.37. The largest absolute Gasteiger partial charge is 0.337 e. The van der Waals surface area contributed by atoms with Crippen molar-refractivity contribution in [3.8, 4) is 0 Å². The summed E-state index contributed by atoms with van der Waals surface area (Å²) in [6, 6.07) is 9.66. The van der Waals surface area contributed by atoms with E-state index in [1.54, 1.807) is 12.5 Å². The van der Waals surface area contributed by atoms with Crippen LogP contribution in [0.25, 0.3) is 0 Å². The number of fused-ring (bicyclic) bond motifs is 1. The molecule has 2 aromatic rings. The Balaban J connectivity index is 1.22. The summed E-state index contributed by atoms with van der Waals surface area (Å²) in [7, 11) is 0. The molecule has 28 heavy (non-hydrogen) atoms. The average Bonchev–Trinajstić information content (AvgIpc) is 2.76. The predicted molar refractivity (Wildman–Crippen MR) is 105 cm³/mol. The molecule has 1 N–H and O–H groups in total. The van der Waals surface area contributed by atoms with Gasteiger partial charge in [0.2, 0.25) is 0 Å². The van der Waals surface area contributed by atoms with Gasteiger partial charge in [-0.05, 0) is 37.0 Å². The van der Waals surface area contributed by atoms with E-state index in [1.165, 1.54) is 0 Å². The fourth-order valence-corrected chi connectivity index (χ4v) is 4.02. The number of carbonyl (C=O) groups excluding carboxylic acids is 2. The van der Waals surface area contributed by atoms with Gasteiger partial charge in [0.1, 0.15) is 6.33 Å². The molecule has 0 radical (unpaired) electrons. The smallest absolute Gasteiger partial charge is 0.317 e. The minimum atomic E-state index is -0.0500. The van der Waals surface area contributed by atoms with Gasteiger partial charge in [-0.25, -0.2) is 14.8 Å². The van der Waals surface area contributed by atoms with Crippen LogP contribution in [0.3, 0.4) is 0 Å². The molecule has 0 unspecified atom stereocenters. The Labute approximate surface area is 164 Å². The highest BCUT2D eigenvalue weighted by Crippen LogP contribution is 2.26. The van der Waals surface area contributed by atoms with Crippen LogP contribution >= 0.6 is 0 Å². The second-order valence-corrected chi connectivity index (χ2v) is 7.33. The lowest BCUT2D eigenvalue weighted by Gasteiger charge is -2.32. The van der Waals surface area contributed by atoms with E-state index >= 15 is 0 Å². The van der Waals surface area contributed by atoms with Crippen molar-refractivity contribution in [2.75, 3.05) is 32.7 Å². The van der Waals surface area contributed by atoms with Crippen LogP contribution in [0.2, 0.25) is 0 Å². The van der Waals surface area contributed by atoms with E-state index in [2.05, 4.69) is 15.3 Å². The van der Waals surface area contributed by atoms with Crippen molar-refractivity contribution in [2.45, 2.75) is 25.2 Å². The number of aromatic nitrogens is 2. The van der Waals surface area contributed by atoms with Gasteiger partial charge >= 0.3 is 6.03 Å². The summed E-state index contributed by atoms with van der Waals surface area (Å²) < 4.78 is 0. The van der Waals surface area contributed by atoms with E-state index in [1.807, 2.05) is 40.1 Å². The highest BCUT2D eigenvalue weighted by atomic mass is 16.2. The van der Waals surface area contributed by atoms with Gasteiger partial charge in [-0.1, -0.05) is 18.2 Å². The number of likely N-dealkylation sites (tertiary alicyclic amines) is 1. The molecule has 0 atom stereocenters. The van der Waals surface area contributed by atoms with Crippen molar-refractivity contribution in [2.24, 2.45) is 0 Å². The predicted octanol–water partition coefficient (Wildman–Crippen LogP) is 2.06. The Morgan fingerprint density at radius 1 is 1.14 bits per heavy atom. The number of hydrogen-bond acceptors (Lipinski definition) is 4. The molecule has 0 saturated carbocycles. The van der Waals surface area contributed by atoms with E-state index in [0.29, 0.717) is 25.6 Å². The first kappa shape index (κ1) is 18.4. The number of nitrogens with one attached hydrogen (secondary N) is 1. The van der Waals surface area contributed by atoms with E-state index in [9.17, 15) is 9.59 Å². The highest BCUT2D eigenvalue weighted by molar-refractivity contribution is 5.96. The van der Waals surface area contributed by atoms with Crippen LogP contribution in [0.4, 0.5) is 4.79 Å². The summed E-state index contributed by atoms with van der Waals surface area (Å²) in [5.74, 6) is 0.444. The number of benzene rings is 1. The summed E-state index contributed by atoms with van der Waals surface area (Å²) in [5, 5.41) is 2.97.